The Morgan fingerprint density at radius 2 is 1.95 bits per heavy atom. The number of hydrogen-bond donors (Lipinski definition) is 2. The zero-order valence-electron chi connectivity index (χ0n) is 23.4. The van der Waals surface area contributed by atoms with E-state index in [0.29, 0.717) is 47.9 Å². The van der Waals surface area contributed by atoms with Crippen LogP contribution in [0.4, 0.5) is 26.2 Å². The Balaban J connectivity index is 1.51. The summed E-state index contributed by atoms with van der Waals surface area (Å²) in [4.78, 5) is 29.9. The van der Waals surface area contributed by atoms with Crippen LogP contribution in [0.1, 0.15) is 47.6 Å². The van der Waals surface area contributed by atoms with Crippen molar-refractivity contribution >= 4 is 44.4 Å². The standard InChI is InChI=1S/C27H30F2N8O4S/c1-15(2)12-32-26(38)18-5-6-19(22-17(18)7-10-41-22)34-27-33-13-16-11-21(23(28)29)37(24(16)35-27)14-20-25(31-9-8-30-20)36(3)42(4,39)40/h5-6,8-9,11,13,15,23H,7,10,12,14H2,1-4H3,(H,32,38)(H,33,34,35). The summed E-state index contributed by atoms with van der Waals surface area (Å²) in [6, 6.07) is 4.68. The van der Waals surface area contributed by atoms with Gasteiger partial charge in [0.25, 0.3) is 12.3 Å². The quantitative estimate of drug-likeness (QED) is 0.279. The summed E-state index contributed by atoms with van der Waals surface area (Å²) >= 11 is 0. The van der Waals surface area contributed by atoms with Gasteiger partial charge in [0.2, 0.25) is 16.0 Å². The van der Waals surface area contributed by atoms with Crippen LogP contribution in [0.25, 0.3) is 11.0 Å². The minimum Gasteiger partial charge on any atom is -0.491 e. The van der Waals surface area contributed by atoms with E-state index in [1.165, 1.54) is 36.3 Å². The molecule has 42 heavy (non-hydrogen) atoms. The molecule has 1 aliphatic heterocycles. The van der Waals surface area contributed by atoms with Gasteiger partial charge >= 0.3 is 0 Å². The van der Waals surface area contributed by atoms with Gasteiger partial charge in [0.05, 0.1) is 30.8 Å². The number of alkyl halides is 2. The van der Waals surface area contributed by atoms with E-state index in [2.05, 4.69) is 30.6 Å². The Kier molecular flexibility index (Phi) is 7.95. The van der Waals surface area contributed by atoms with Crippen molar-refractivity contribution in [3.63, 3.8) is 0 Å². The molecule has 0 aliphatic carbocycles. The van der Waals surface area contributed by atoms with E-state index in [4.69, 9.17) is 4.74 Å². The number of amides is 1. The van der Waals surface area contributed by atoms with E-state index >= 15 is 0 Å². The Bertz CT molecular complexity index is 1760. The number of sulfonamides is 1. The molecule has 0 spiro atoms. The van der Waals surface area contributed by atoms with Gasteiger partial charge in [0.15, 0.2) is 5.82 Å². The zero-order valence-corrected chi connectivity index (χ0v) is 24.2. The summed E-state index contributed by atoms with van der Waals surface area (Å²) in [7, 11) is -2.37. The lowest BCUT2D eigenvalue weighted by Crippen LogP contribution is -2.28. The van der Waals surface area contributed by atoms with Crippen molar-refractivity contribution in [3.05, 3.63) is 59.3 Å². The number of benzene rings is 1. The first-order chi connectivity index (χ1) is 19.9. The Hall–Kier alpha value is -4.40. The van der Waals surface area contributed by atoms with Crippen molar-refractivity contribution in [2.45, 2.75) is 33.2 Å². The average Bonchev–Trinajstić information content (AvgIpc) is 3.57. The SMILES string of the molecule is CC(C)CNC(=O)c1ccc(Nc2ncc3cc(C(F)F)n(Cc4nccnc4N(C)S(C)(=O)=O)c3n2)c2c1CCO2. The largest absolute Gasteiger partial charge is 0.491 e. The van der Waals surface area contributed by atoms with Crippen LogP contribution in [0.3, 0.4) is 0 Å². The van der Waals surface area contributed by atoms with Gasteiger partial charge in [-0.15, -0.1) is 0 Å². The van der Waals surface area contributed by atoms with Crippen LogP contribution >= 0.6 is 0 Å². The van der Waals surface area contributed by atoms with Crippen LogP contribution in [0.2, 0.25) is 0 Å². The molecule has 3 aromatic heterocycles. The molecule has 0 radical (unpaired) electrons. The van der Waals surface area contributed by atoms with Gasteiger partial charge in [-0.25, -0.2) is 27.2 Å². The number of halogens is 2. The highest BCUT2D eigenvalue weighted by atomic mass is 32.2. The van der Waals surface area contributed by atoms with Gasteiger partial charge in [-0.05, 0) is 24.1 Å². The molecular weight excluding hydrogens is 570 g/mol. The fourth-order valence-corrected chi connectivity index (χ4v) is 5.09. The number of carbonyl (C=O) groups excluding carboxylic acids is 1. The summed E-state index contributed by atoms with van der Waals surface area (Å²) in [6.07, 6.45) is 2.82. The van der Waals surface area contributed by atoms with Gasteiger partial charge in [-0.2, -0.15) is 4.98 Å². The van der Waals surface area contributed by atoms with Gasteiger partial charge in [0, 0.05) is 55.1 Å². The summed E-state index contributed by atoms with van der Waals surface area (Å²) in [5, 5.41) is 6.38. The molecule has 0 atom stereocenters. The summed E-state index contributed by atoms with van der Waals surface area (Å²) in [5.41, 5.74) is 1.82. The molecule has 1 aromatic carbocycles. The van der Waals surface area contributed by atoms with E-state index in [-0.39, 0.29) is 41.3 Å². The second kappa shape index (κ2) is 11.5. The third kappa shape index (κ3) is 5.82. The van der Waals surface area contributed by atoms with Crippen LogP contribution < -0.4 is 19.7 Å². The van der Waals surface area contributed by atoms with E-state index < -0.39 is 16.4 Å². The molecule has 0 saturated heterocycles. The normalized spacial score (nSPS) is 13.0. The average molecular weight is 601 g/mol. The molecule has 1 amide bonds. The molecule has 0 unspecified atom stereocenters. The second-order valence-corrected chi connectivity index (χ2v) is 12.3. The maximum atomic E-state index is 14.1. The molecule has 5 rings (SSSR count). The maximum absolute atomic E-state index is 14.1. The number of nitrogens with zero attached hydrogens (tertiary/aromatic N) is 6. The number of rotatable bonds is 10. The van der Waals surface area contributed by atoms with E-state index in [1.807, 2.05) is 13.8 Å². The lowest BCUT2D eigenvalue weighted by Gasteiger charge is -2.19. The molecule has 12 nitrogen and oxygen atoms in total. The highest BCUT2D eigenvalue weighted by Crippen LogP contribution is 2.38. The second-order valence-electron chi connectivity index (χ2n) is 10.3. The predicted molar refractivity (Wildman–Crippen MR) is 153 cm³/mol. The highest BCUT2D eigenvalue weighted by molar-refractivity contribution is 7.92. The first kappa shape index (κ1) is 29.1. The summed E-state index contributed by atoms with van der Waals surface area (Å²) < 4.78 is 60.6. The van der Waals surface area contributed by atoms with Crippen molar-refractivity contribution in [2.75, 3.05) is 36.1 Å². The number of ether oxygens (including phenoxy) is 1. The van der Waals surface area contributed by atoms with E-state index in [9.17, 15) is 22.0 Å². The molecule has 4 aromatic rings. The summed E-state index contributed by atoms with van der Waals surface area (Å²) in [5.74, 6) is 0.756. The number of hydrogen-bond acceptors (Lipinski definition) is 9. The number of anilines is 3. The smallest absolute Gasteiger partial charge is 0.278 e. The third-order valence-electron chi connectivity index (χ3n) is 6.77. The van der Waals surface area contributed by atoms with Crippen LogP contribution in [0.15, 0.2) is 36.8 Å². The van der Waals surface area contributed by atoms with Gasteiger partial charge in [-0.1, -0.05) is 13.8 Å². The fourth-order valence-electron chi connectivity index (χ4n) is 4.63. The van der Waals surface area contributed by atoms with Crippen molar-refractivity contribution in [1.29, 1.82) is 0 Å². The Labute approximate surface area is 241 Å². The third-order valence-corrected chi connectivity index (χ3v) is 7.93. The predicted octanol–water partition coefficient (Wildman–Crippen LogP) is 3.67. The van der Waals surface area contributed by atoms with Gasteiger partial charge in [-0.3, -0.25) is 14.1 Å². The topological polar surface area (TPSA) is 144 Å². The number of fused-ring (bicyclic) bond motifs is 2. The first-order valence-corrected chi connectivity index (χ1v) is 15.0. The minimum absolute atomic E-state index is 0.0136. The molecule has 4 heterocycles. The van der Waals surface area contributed by atoms with Crippen molar-refractivity contribution in [2.24, 2.45) is 5.92 Å². The minimum atomic E-state index is -3.69. The van der Waals surface area contributed by atoms with Crippen LogP contribution in [0, 0.1) is 5.92 Å². The zero-order chi connectivity index (χ0) is 30.2. The van der Waals surface area contributed by atoms with Crippen molar-refractivity contribution in [3.8, 4) is 5.75 Å². The van der Waals surface area contributed by atoms with Gasteiger partial charge < -0.3 is 19.9 Å². The molecular formula is C27H30F2N8O4S. The Morgan fingerprint density at radius 3 is 2.67 bits per heavy atom. The lowest BCUT2D eigenvalue weighted by atomic mass is 10.0. The number of carbonyl (C=O) groups is 1. The molecule has 0 bridgehead atoms. The van der Waals surface area contributed by atoms with Crippen LogP contribution in [-0.2, 0) is 23.0 Å². The van der Waals surface area contributed by atoms with Crippen LogP contribution in [0.5, 0.6) is 5.75 Å². The fraction of sp³-hybridized carbons (Fsp3) is 0.370. The molecule has 222 valence electrons. The number of aromatic nitrogens is 5. The number of nitrogens with one attached hydrogen (secondary N) is 2. The highest BCUT2D eigenvalue weighted by Gasteiger charge is 2.26. The molecule has 15 heteroatoms. The van der Waals surface area contributed by atoms with Crippen LogP contribution in [-0.4, -0.2) is 65.3 Å². The van der Waals surface area contributed by atoms with Gasteiger partial charge in [0.1, 0.15) is 17.1 Å². The molecule has 2 N–H and O–H groups in total. The molecule has 1 aliphatic rings. The van der Waals surface area contributed by atoms with E-state index in [1.54, 1.807) is 12.1 Å². The van der Waals surface area contributed by atoms with Crippen molar-refractivity contribution in [1.82, 2.24) is 29.8 Å². The maximum Gasteiger partial charge on any atom is 0.278 e. The van der Waals surface area contributed by atoms with Crippen molar-refractivity contribution < 1.29 is 26.7 Å². The summed E-state index contributed by atoms with van der Waals surface area (Å²) in [6.45, 7) is 4.75. The first-order valence-electron chi connectivity index (χ1n) is 13.2. The lowest BCUT2D eigenvalue weighted by molar-refractivity contribution is 0.0948. The molecule has 0 fully saturated rings. The Morgan fingerprint density at radius 1 is 1.19 bits per heavy atom. The monoisotopic (exact) mass is 600 g/mol. The van der Waals surface area contributed by atoms with E-state index in [0.717, 1.165) is 16.1 Å². The molecule has 0 saturated carbocycles.